The molecule has 0 aromatic heterocycles. The summed E-state index contributed by atoms with van der Waals surface area (Å²) in [6, 6.07) is 3.69. The molecule has 0 unspecified atom stereocenters. The van der Waals surface area contributed by atoms with Crippen molar-refractivity contribution in [1.29, 1.82) is 0 Å². The molecule has 2 saturated heterocycles. The maximum Gasteiger partial charge on any atom is 0.255 e. The molecule has 3 rings (SSSR count). The van der Waals surface area contributed by atoms with Gasteiger partial charge in [0.2, 0.25) is 10.0 Å². The number of methoxy groups -OCH3 is 1. The number of amides is 1. The zero-order valence-corrected chi connectivity index (χ0v) is 16.1. The molecule has 0 bridgehead atoms. The van der Waals surface area contributed by atoms with Crippen molar-refractivity contribution in [2.45, 2.75) is 30.2 Å². The van der Waals surface area contributed by atoms with E-state index in [0.29, 0.717) is 19.5 Å². The molecule has 1 amide bonds. The molecule has 8 nitrogen and oxygen atoms in total. The largest absolute Gasteiger partial charge is 0.496 e. The Hall–Kier alpha value is -1.65. The summed E-state index contributed by atoms with van der Waals surface area (Å²) in [4.78, 5) is 12.6. The van der Waals surface area contributed by atoms with Gasteiger partial charge in [-0.1, -0.05) is 0 Å². The van der Waals surface area contributed by atoms with E-state index in [4.69, 9.17) is 4.74 Å². The molecule has 0 spiro atoms. The topological polar surface area (TPSA) is 110 Å². The van der Waals surface area contributed by atoms with Crippen LogP contribution in [0.5, 0.6) is 5.75 Å². The number of sulfonamides is 1. The second-order valence-electron chi connectivity index (χ2n) is 6.55. The number of nitrogens with one attached hydrogen (secondary N) is 1. The summed E-state index contributed by atoms with van der Waals surface area (Å²) in [6.45, 7) is 0.936. The van der Waals surface area contributed by atoms with Gasteiger partial charge < -0.3 is 10.1 Å². The molecule has 2 heterocycles. The fourth-order valence-electron chi connectivity index (χ4n) is 3.27. The van der Waals surface area contributed by atoms with Crippen molar-refractivity contribution in [1.82, 2.24) is 9.62 Å². The first-order chi connectivity index (χ1) is 12.2. The first-order valence-electron chi connectivity index (χ1n) is 8.42. The molecule has 0 saturated carbocycles. The van der Waals surface area contributed by atoms with Crippen LogP contribution in [0.3, 0.4) is 0 Å². The lowest BCUT2D eigenvalue weighted by molar-refractivity contribution is 0.0938. The van der Waals surface area contributed by atoms with Gasteiger partial charge >= 0.3 is 0 Å². The number of sulfone groups is 1. The predicted octanol–water partition coefficient (Wildman–Crippen LogP) is 0.397. The monoisotopic (exact) mass is 402 g/mol. The number of rotatable bonds is 5. The van der Waals surface area contributed by atoms with Crippen molar-refractivity contribution < 1.29 is 26.4 Å². The van der Waals surface area contributed by atoms with Crippen LogP contribution >= 0.6 is 0 Å². The van der Waals surface area contributed by atoms with Gasteiger partial charge in [0.1, 0.15) is 5.75 Å². The molecule has 1 atom stereocenters. The van der Waals surface area contributed by atoms with Gasteiger partial charge in [0.25, 0.3) is 5.91 Å². The van der Waals surface area contributed by atoms with Crippen molar-refractivity contribution in [3.63, 3.8) is 0 Å². The average molecular weight is 402 g/mol. The van der Waals surface area contributed by atoms with E-state index in [-0.39, 0.29) is 27.7 Å². The third-order valence-electron chi connectivity index (χ3n) is 4.69. The number of ether oxygens (including phenoxy) is 1. The summed E-state index contributed by atoms with van der Waals surface area (Å²) in [7, 11) is -5.40. The van der Waals surface area contributed by atoms with Crippen molar-refractivity contribution in [2.75, 3.05) is 31.7 Å². The lowest BCUT2D eigenvalue weighted by atomic mass is 10.1. The second kappa shape index (κ2) is 7.16. The minimum Gasteiger partial charge on any atom is -0.496 e. The minimum absolute atomic E-state index is 0.0318. The van der Waals surface area contributed by atoms with E-state index in [2.05, 4.69) is 5.32 Å². The van der Waals surface area contributed by atoms with Gasteiger partial charge in [-0.15, -0.1) is 0 Å². The van der Waals surface area contributed by atoms with Crippen molar-refractivity contribution in [3.05, 3.63) is 23.8 Å². The van der Waals surface area contributed by atoms with Crippen molar-refractivity contribution >= 4 is 25.8 Å². The van der Waals surface area contributed by atoms with E-state index < -0.39 is 31.8 Å². The number of hydrogen-bond donors (Lipinski definition) is 1. The molecule has 2 aliphatic heterocycles. The third kappa shape index (κ3) is 3.86. The SMILES string of the molecule is COc1ccc(S(=O)(=O)N2CCCC2)cc1C(=O)N[C@@H]1CCS(=O)(=O)C1. The van der Waals surface area contributed by atoms with Crippen molar-refractivity contribution in [2.24, 2.45) is 0 Å². The van der Waals surface area contributed by atoms with Crippen LogP contribution in [-0.2, 0) is 19.9 Å². The first-order valence-corrected chi connectivity index (χ1v) is 11.7. The molecule has 2 fully saturated rings. The van der Waals surface area contributed by atoms with Gasteiger partial charge in [0.05, 0.1) is 29.1 Å². The zero-order chi connectivity index (χ0) is 18.9. The Morgan fingerprint density at radius 2 is 1.96 bits per heavy atom. The Balaban J connectivity index is 1.87. The highest BCUT2D eigenvalue weighted by molar-refractivity contribution is 7.91. The standard InChI is InChI=1S/C16H22N2O6S2/c1-24-15-5-4-13(26(22,23)18-7-2-3-8-18)10-14(15)16(19)17-12-6-9-25(20,21)11-12/h4-5,10,12H,2-3,6-9,11H2,1H3,(H,17,19)/t12-/m1/s1. The lowest BCUT2D eigenvalue weighted by Crippen LogP contribution is -2.36. The summed E-state index contributed by atoms with van der Waals surface area (Å²) in [5.74, 6) is -0.364. The number of benzene rings is 1. The Morgan fingerprint density at radius 1 is 1.27 bits per heavy atom. The van der Waals surface area contributed by atoms with E-state index in [1.807, 2.05) is 0 Å². The highest BCUT2D eigenvalue weighted by Crippen LogP contribution is 2.27. The van der Waals surface area contributed by atoms with Gasteiger partial charge in [-0.05, 0) is 37.5 Å². The quantitative estimate of drug-likeness (QED) is 0.763. The van der Waals surface area contributed by atoms with E-state index in [1.54, 1.807) is 0 Å². The fourth-order valence-corrected chi connectivity index (χ4v) is 6.49. The maximum atomic E-state index is 12.7. The zero-order valence-electron chi connectivity index (χ0n) is 14.5. The molecular formula is C16H22N2O6S2. The Kier molecular flexibility index (Phi) is 5.27. The normalized spacial score (nSPS) is 23.0. The predicted molar refractivity (Wildman–Crippen MR) is 95.5 cm³/mol. The Bertz CT molecular complexity index is 905. The summed E-state index contributed by atoms with van der Waals surface area (Å²) in [6.07, 6.45) is 1.99. The van der Waals surface area contributed by atoms with Crippen LogP contribution in [0.25, 0.3) is 0 Å². The number of nitrogens with zero attached hydrogens (tertiary/aromatic N) is 1. The third-order valence-corrected chi connectivity index (χ3v) is 8.35. The summed E-state index contributed by atoms with van der Waals surface area (Å²) >= 11 is 0. The molecule has 0 radical (unpaired) electrons. The fraction of sp³-hybridized carbons (Fsp3) is 0.562. The number of hydrogen-bond acceptors (Lipinski definition) is 6. The summed E-state index contributed by atoms with van der Waals surface area (Å²) < 4.78 is 55.1. The van der Waals surface area contributed by atoms with Gasteiger partial charge in [-0.3, -0.25) is 4.79 Å². The molecule has 1 aromatic carbocycles. The first kappa shape index (κ1) is 19.1. The lowest BCUT2D eigenvalue weighted by Gasteiger charge is -2.18. The van der Waals surface area contributed by atoms with E-state index in [9.17, 15) is 21.6 Å². The molecule has 1 N–H and O–H groups in total. The van der Waals surface area contributed by atoms with E-state index in [0.717, 1.165) is 12.8 Å². The smallest absolute Gasteiger partial charge is 0.255 e. The molecule has 10 heteroatoms. The highest BCUT2D eigenvalue weighted by Gasteiger charge is 2.31. The van der Waals surface area contributed by atoms with Crippen LogP contribution in [0.4, 0.5) is 0 Å². The molecule has 0 aliphatic carbocycles. The average Bonchev–Trinajstić information content (AvgIpc) is 3.24. The van der Waals surface area contributed by atoms with Crippen LogP contribution < -0.4 is 10.1 Å². The molecule has 144 valence electrons. The number of carbonyl (C=O) groups excluding carboxylic acids is 1. The summed E-state index contributed by atoms with van der Waals surface area (Å²) in [5, 5.41) is 2.67. The van der Waals surface area contributed by atoms with Gasteiger partial charge in [-0.25, -0.2) is 16.8 Å². The Morgan fingerprint density at radius 3 is 2.54 bits per heavy atom. The van der Waals surface area contributed by atoms with Gasteiger partial charge in [0, 0.05) is 19.1 Å². The van der Waals surface area contributed by atoms with Crippen LogP contribution in [-0.4, -0.2) is 64.8 Å². The van der Waals surface area contributed by atoms with E-state index >= 15 is 0 Å². The van der Waals surface area contributed by atoms with Crippen molar-refractivity contribution in [3.8, 4) is 5.75 Å². The molecule has 1 aromatic rings. The second-order valence-corrected chi connectivity index (χ2v) is 10.7. The van der Waals surface area contributed by atoms with Gasteiger partial charge in [0.15, 0.2) is 9.84 Å². The Labute approximate surface area is 153 Å². The van der Waals surface area contributed by atoms with E-state index in [1.165, 1.54) is 29.6 Å². The maximum absolute atomic E-state index is 12.7. The molecule has 2 aliphatic rings. The molecular weight excluding hydrogens is 380 g/mol. The van der Waals surface area contributed by atoms with Crippen LogP contribution in [0, 0.1) is 0 Å². The van der Waals surface area contributed by atoms with Crippen LogP contribution in [0.15, 0.2) is 23.1 Å². The highest BCUT2D eigenvalue weighted by atomic mass is 32.2. The number of carbonyl (C=O) groups is 1. The minimum atomic E-state index is -3.66. The summed E-state index contributed by atoms with van der Waals surface area (Å²) in [5.41, 5.74) is 0.0806. The van der Waals surface area contributed by atoms with Gasteiger partial charge in [-0.2, -0.15) is 4.31 Å². The van der Waals surface area contributed by atoms with Crippen LogP contribution in [0.2, 0.25) is 0 Å². The van der Waals surface area contributed by atoms with Crippen LogP contribution in [0.1, 0.15) is 29.6 Å². The molecule has 26 heavy (non-hydrogen) atoms.